The van der Waals surface area contributed by atoms with Crippen LogP contribution in [0.2, 0.25) is 0 Å². The minimum atomic E-state index is -2.81. The van der Waals surface area contributed by atoms with Gasteiger partial charge in [0.25, 0.3) is 12.3 Å². The number of amides is 1. The molecular weight excluding hydrogens is 445 g/mol. The Kier molecular flexibility index (Phi) is 5.54. The van der Waals surface area contributed by atoms with Gasteiger partial charge in [-0.25, -0.2) is 22.7 Å². The number of hydrogen-bond acceptors (Lipinski definition) is 4. The SMILES string of the molecule is O=C(Nc1ccn(Cc2ccc(F)cc2)n1)c1cnn2c(C(F)F)cc(-c3ccccc3)nc12. The van der Waals surface area contributed by atoms with Gasteiger partial charge in [-0.15, -0.1) is 0 Å². The maximum Gasteiger partial charge on any atom is 0.280 e. The summed E-state index contributed by atoms with van der Waals surface area (Å²) < 4.78 is 43.1. The summed E-state index contributed by atoms with van der Waals surface area (Å²) in [6.45, 7) is 0.382. The van der Waals surface area contributed by atoms with Crippen LogP contribution >= 0.6 is 0 Å². The molecule has 0 radical (unpaired) electrons. The first-order valence-electron chi connectivity index (χ1n) is 10.3. The lowest BCUT2D eigenvalue weighted by Gasteiger charge is -2.08. The van der Waals surface area contributed by atoms with Crippen molar-refractivity contribution in [2.45, 2.75) is 13.0 Å². The van der Waals surface area contributed by atoms with E-state index in [1.54, 1.807) is 53.3 Å². The van der Waals surface area contributed by atoms with Crippen molar-refractivity contribution < 1.29 is 18.0 Å². The fraction of sp³-hybridized carbons (Fsp3) is 0.0833. The van der Waals surface area contributed by atoms with Crippen LogP contribution in [-0.4, -0.2) is 30.3 Å². The van der Waals surface area contributed by atoms with E-state index in [-0.39, 0.29) is 28.5 Å². The summed E-state index contributed by atoms with van der Waals surface area (Å²) in [5.74, 6) is -0.649. The molecule has 1 amide bonds. The van der Waals surface area contributed by atoms with E-state index in [1.165, 1.54) is 24.4 Å². The molecule has 0 aliphatic heterocycles. The second-order valence-corrected chi connectivity index (χ2v) is 7.51. The average molecular weight is 462 g/mol. The van der Waals surface area contributed by atoms with E-state index in [0.717, 1.165) is 10.1 Å². The van der Waals surface area contributed by atoms with Crippen LogP contribution < -0.4 is 5.32 Å². The smallest absolute Gasteiger partial charge is 0.280 e. The van der Waals surface area contributed by atoms with Gasteiger partial charge in [0.2, 0.25) is 0 Å². The van der Waals surface area contributed by atoms with Crippen molar-refractivity contribution >= 4 is 17.4 Å². The van der Waals surface area contributed by atoms with Gasteiger partial charge in [-0.3, -0.25) is 9.48 Å². The number of anilines is 1. The quantitative estimate of drug-likeness (QED) is 0.387. The average Bonchev–Trinajstić information content (AvgIpc) is 3.47. The molecule has 170 valence electrons. The lowest BCUT2D eigenvalue weighted by Crippen LogP contribution is -2.13. The Hall–Kier alpha value is -4.47. The Balaban J connectivity index is 1.43. The molecule has 0 bridgehead atoms. The molecule has 0 atom stereocenters. The second-order valence-electron chi connectivity index (χ2n) is 7.51. The van der Waals surface area contributed by atoms with Crippen LogP contribution in [0.3, 0.4) is 0 Å². The third-order valence-corrected chi connectivity index (χ3v) is 5.18. The molecule has 3 heterocycles. The Labute approximate surface area is 191 Å². The van der Waals surface area contributed by atoms with E-state index in [0.29, 0.717) is 17.8 Å². The van der Waals surface area contributed by atoms with Gasteiger partial charge in [0, 0.05) is 17.8 Å². The van der Waals surface area contributed by atoms with Crippen molar-refractivity contribution in [2.75, 3.05) is 5.32 Å². The van der Waals surface area contributed by atoms with Crippen LogP contribution in [0, 0.1) is 5.82 Å². The number of halogens is 3. The summed E-state index contributed by atoms with van der Waals surface area (Å²) in [5.41, 5.74) is 1.46. The van der Waals surface area contributed by atoms with E-state index in [1.807, 2.05) is 6.07 Å². The van der Waals surface area contributed by atoms with Gasteiger partial charge in [-0.2, -0.15) is 10.2 Å². The van der Waals surface area contributed by atoms with Crippen LogP contribution in [0.5, 0.6) is 0 Å². The summed E-state index contributed by atoms with van der Waals surface area (Å²) in [6, 6.07) is 17.7. The molecule has 2 aromatic carbocycles. The maximum absolute atomic E-state index is 13.7. The Morgan fingerprint density at radius 3 is 2.53 bits per heavy atom. The normalized spacial score (nSPS) is 11.3. The highest BCUT2D eigenvalue weighted by molar-refractivity contribution is 6.07. The Bertz CT molecular complexity index is 1460. The molecule has 10 heteroatoms. The number of benzene rings is 2. The molecule has 0 saturated heterocycles. The number of hydrogen-bond donors (Lipinski definition) is 1. The molecule has 0 saturated carbocycles. The number of nitrogens with one attached hydrogen (secondary N) is 1. The van der Waals surface area contributed by atoms with Gasteiger partial charge in [-0.05, 0) is 23.8 Å². The molecule has 34 heavy (non-hydrogen) atoms. The van der Waals surface area contributed by atoms with Gasteiger partial charge in [0.15, 0.2) is 11.5 Å². The van der Waals surface area contributed by atoms with Crippen molar-refractivity contribution in [3.63, 3.8) is 0 Å². The van der Waals surface area contributed by atoms with Gasteiger partial charge in [-0.1, -0.05) is 42.5 Å². The van der Waals surface area contributed by atoms with E-state index in [2.05, 4.69) is 20.5 Å². The molecule has 0 unspecified atom stereocenters. The zero-order chi connectivity index (χ0) is 23.7. The van der Waals surface area contributed by atoms with E-state index in [4.69, 9.17) is 0 Å². The molecule has 5 aromatic rings. The van der Waals surface area contributed by atoms with Gasteiger partial charge < -0.3 is 5.32 Å². The highest BCUT2D eigenvalue weighted by Crippen LogP contribution is 2.27. The number of aromatic nitrogens is 5. The zero-order valence-corrected chi connectivity index (χ0v) is 17.6. The first-order valence-corrected chi connectivity index (χ1v) is 10.3. The van der Waals surface area contributed by atoms with Crippen molar-refractivity contribution in [1.29, 1.82) is 0 Å². The molecule has 1 N–H and O–H groups in total. The number of carbonyl (C=O) groups is 1. The number of alkyl halides is 2. The highest BCUT2D eigenvalue weighted by Gasteiger charge is 2.22. The molecule has 3 aromatic heterocycles. The molecule has 0 fully saturated rings. The van der Waals surface area contributed by atoms with Crippen molar-refractivity contribution in [3.05, 3.63) is 102 Å². The van der Waals surface area contributed by atoms with Crippen LogP contribution in [0.15, 0.2) is 79.1 Å². The van der Waals surface area contributed by atoms with Crippen LogP contribution in [-0.2, 0) is 6.54 Å². The fourth-order valence-electron chi connectivity index (χ4n) is 3.54. The van der Waals surface area contributed by atoms with Crippen LogP contribution in [0.1, 0.15) is 28.0 Å². The van der Waals surface area contributed by atoms with Gasteiger partial charge in [0.1, 0.15) is 17.1 Å². The lowest BCUT2D eigenvalue weighted by molar-refractivity contribution is 0.102. The van der Waals surface area contributed by atoms with Crippen molar-refractivity contribution in [3.8, 4) is 11.3 Å². The topological polar surface area (TPSA) is 77.1 Å². The third-order valence-electron chi connectivity index (χ3n) is 5.18. The molecule has 0 aliphatic rings. The summed E-state index contributed by atoms with van der Waals surface area (Å²) in [7, 11) is 0. The van der Waals surface area contributed by atoms with Gasteiger partial charge in [0.05, 0.1) is 18.4 Å². The number of fused-ring (bicyclic) bond motifs is 1. The molecule has 0 spiro atoms. The van der Waals surface area contributed by atoms with E-state index >= 15 is 0 Å². The number of rotatable bonds is 6. The summed E-state index contributed by atoms with van der Waals surface area (Å²) >= 11 is 0. The number of carbonyl (C=O) groups excluding carboxylic acids is 1. The zero-order valence-electron chi connectivity index (χ0n) is 17.6. The predicted octanol–water partition coefficient (Wildman–Crippen LogP) is 4.97. The Morgan fingerprint density at radius 2 is 1.79 bits per heavy atom. The molecular formula is C24H17F3N6O. The molecule has 5 rings (SSSR count). The standard InChI is InChI=1S/C24H17F3N6O/c25-17-8-6-15(7-9-17)14-32-11-10-21(31-32)30-24(34)18-13-28-33-20(22(26)27)12-19(29-23(18)33)16-4-2-1-3-5-16/h1-13,22H,14H2,(H,30,31,34). The minimum absolute atomic E-state index is 0.0138. The summed E-state index contributed by atoms with van der Waals surface area (Å²) in [4.78, 5) is 17.4. The summed E-state index contributed by atoms with van der Waals surface area (Å²) in [5, 5.41) is 10.9. The highest BCUT2D eigenvalue weighted by atomic mass is 19.3. The first-order chi connectivity index (χ1) is 16.5. The molecule has 7 nitrogen and oxygen atoms in total. The Morgan fingerprint density at radius 1 is 1.03 bits per heavy atom. The fourth-order valence-corrected chi connectivity index (χ4v) is 3.54. The van der Waals surface area contributed by atoms with E-state index < -0.39 is 12.3 Å². The van der Waals surface area contributed by atoms with Gasteiger partial charge >= 0.3 is 0 Å². The third kappa shape index (κ3) is 4.25. The molecule has 0 aliphatic carbocycles. The maximum atomic E-state index is 13.7. The van der Waals surface area contributed by atoms with E-state index in [9.17, 15) is 18.0 Å². The first kappa shape index (κ1) is 21.4. The largest absolute Gasteiger partial charge is 0.305 e. The van der Waals surface area contributed by atoms with Crippen molar-refractivity contribution in [1.82, 2.24) is 24.4 Å². The monoisotopic (exact) mass is 462 g/mol. The lowest BCUT2D eigenvalue weighted by atomic mass is 10.1. The van der Waals surface area contributed by atoms with Crippen LogP contribution in [0.25, 0.3) is 16.9 Å². The van der Waals surface area contributed by atoms with Crippen LogP contribution in [0.4, 0.5) is 19.0 Å². The minimum Gasteiger partial charge on any atom is -0.305 e. The summed E-state index contributed by atoms with van der Waals surface area (Å²) in [6.07, 6.45) is 0.0507. The van der Waals surface area contributed by atoms with Crippen molar-refractivity contribution in [2.24, 2.45) is 0 Å². The predicted molar refractivity (Wildman–Crippen MR) is 119 cm³/mol. The number of nitrogens with zero attached hydrogens (tertiary/aromatic N) is 5. The second kappa shape index (κ2) is 8.81.